The summed E-state index contributed by atoms with van der Waals surface area (Å²) in [5.41, 5.74) is 2.30. The van der Waals surface area contributed by atoms with E-state index in [2.05, 4.69) is 33.1 Å². The first-order chi connectivity index (χ1) is 15.1. The van der Waals surface area contributed by atoms with Crippen LogP contribution in [0.5, 0.6) is 0 Å². The summed E-state index contributed by atoms with van der Waals surface area (Å²) in [6.07, 6.45) is 1.41. The fraction of sp³-hybridized carbons (Fsp3) is 0.375. The zero-order valence-electron chi connectivity index (χ0n) is 18.4. The fourth-order valence-corrected chi connectivity index (χ4v) is 3.60. The van der Waals surface area contributed by atoms with Gasteiger partial charge in [-0.05, 0) is 17.5 Å². The summed E-state index contributed by atoms with van der Waals surface area (Å²) in [4.78, 5) is 30.5. The second-order valence-corrected chi connectivity index (χ2v) is 7.71. The largest absolute Gasteiger partial charge is 0.356 e. The second-order valence-electron chi connectivity index (χ2n) is 7.71. The molecule has 1 atom stereocenters. The summed E-state index contributed by atoms with van der Waals surface area (Å²) >= 11 is 0. The van der Waals surface area contributed by atoms with E-state index in [0.29, 0.717) is 25.5 Å². The molecule has 1 unspecified atom stereocenters. The number of hydrogen-bond donors (Lipinski definition) is 3. The minimum absolute atomic E-state index is 0. The van der Waals surface area contributed by atoms with E-state index in [1.807, 2.05) is 53.4 Å². The highest BCUT2D eigenvalue weighted by Gasteiger charge is 2.29. The molecule has 8 heteroatoms. The van der Waals surface area contributed by atoms with Gasteiger partial charge in [-0.15, -0.1) is 24.0 Å². The van der Waals surface area contributed by atoms with Gasteiger partial charge in [0.1, 0.15) is 0 Å². The molecule has 0 radical (unpaired) electrons. The maximum Gasteiger partial charge on any atom is 0.239 e. The molecule has 3 N–H and O–H groups in total. The van der Waals surface area contributed by atoms with Crippen molar-refractivity contribution in [1.29, 1.82) is 0 Å². The van der Waals surface area contributed by atoms with Crippen LogP contribution in [0.2, 0.25) is 0 Å². The highest BCUT2D eigenvalue weighted by Crippen LogP contribution is 2.17. The van der Waals surface area contributed by atoms with Crippen LogP contribution in [0.15, 0.2) is 65.7 Å². The highest BCUT2D eigenvalue weighted by molar-refractivity contribution is 14.0. The summed E-state index contributed by atoms with van der Waals surface area (Å²) in [5, 5.41) is 9.14. The number of guanidine groups is 1. The molecule has 172 valence electrons. The lowest BCUT2D eigenvalue weighted by atomic mass is 10.1. The van der Waals surface area contributed by atoms with Crippen LogP contribution in [0.4, 0.5) is 0 Å². The summed E-state index contributed by atoms with van der Waals surface area (Å²) < 4.78 is 0. The Morgan fingerprint density at radius 3 is 2.31 bits per heavy atom. The molecule has 1 fully saturated rings. The first kappa shape index (κ1) is 25.6. The number of halogens is 1. The van der Waals surface area contributed by atoms with Crippen LogP contribution in [0.1, 0.15) is 17.5 Å². The van der Waals surface area contributed by atoms with Crippen molar-refractivity contribution < 1.29 is 9.59 Å². The molecule has 7 nitrogen and oxygen atoms in total. The molecule has 0 spiro atoms. The van der Waals surface area contributed by atoms with Gasteiger partial charge in [-0.25, -0.2) is 0 Å². The number of rotatable bonds is 9. The van der Waals surface area contributed by atoms with Crippen LogP contribution in [0.3, 0.4) is 0 Å². The Morgan fingerprint density at radius 2 is 1.66 bits per heavy atom. The predicted octanol–water partition coefficient (Wildman–Crippen LogP) is 2.18. The third-order valence-corrected chi connectivity index (χ3v) is 5.34. The lowest BCUT2D eigenvalue weighted by molar-refractivity contribution is -0.127. The standard InChI is InChI=1S/C24H31N5O2.HI/c1-25-24(28-17-22(30)26-15-20-10-6-3-7-11-20)27-16-21-14-23(31)29(18-21)13-12-19-8-4-2-5-9-19;/h2-11,21H,12-18H2,1H3,(H,26,30)(H2,25,27,28);1H. The summed E-state index contributed by atoms with van der Waals surface area (Å²) in [7, 11) is 1.67. The summed E-state index contributed by atoms with van der Waals surface area (Å²) in [6.45, 7) is 2.76. The van der Waals surface area contributed by atoms with E-state index >= 15 is 0 Å². The third-order valence-electron chi connectivity index (χ3n) is 5.34. The molecule has 2 amide bonds. The molecule has 2 aromatic rings. The van der Waals surface area contributed by atoms with Gasteiger partial charge in [0.05, 0.1) is 6.54 Å². The normalized spacial score (nSPS) is 15.8. The third kappa shape index (κ3) is 8.49. The maximum absolute atomic E-state index is 12.3. The van der Waals surface area contributed by atoms with Gasteiger partial charge in [-0.1, -0.05) is 60.7 Å². The van der Waals surface area contributed by atoms with Crippen molar-refractivity contribution >= 4 is 41.8 Å². The van der Waals surface area contributed by atoms with E-state index in [-0.39, 0.29) is 48.3 Å². The number of carbonyl (C=O) groups excluding carboxylic acids is 2. The van der Waals surface area contributed by atoms with Gasteiger partial charge in [0.2, 0.25) is 11.8 Å². The minimum Gasteiger partial charge on any atom is -0.356 e. The number of likely N-dealkylation sites (tertiary alicyclic amines) is 1. The van der Waals surface area contributed by atoms with E-state index < -0.39 is 0 Å². The van der Waals surface area contributed by atoms with Crippen LogP contribution < -0.4 is 16.0 Å². The van der Waals surface area contributed by atoms with Crippen molar-refractivity contribution in [3.63, 3.8) is 0 Å². The van der Waals surface area contributed by atoms with Crippen molar-refractivity contribution in [2.24, 2.45) is 10.9 Å². The van der Waals surface area contributed by atoms with E-state index in [9.17, 15) is 9.59 Å². The quantitative estimate of drug-likeness (QED) is 0.255. The molecule has 0 saturated carbocycles. The Balaban J connectivity index is 0.00000363. The number of benzene rings is 2. The first-order valence-electron chi connectivity index (χ1n) is 10.7. The fourth-order valence-electron chi connectivity index (χ4n) is 3.60. The summed E-state index contributed by atoms with van der Waals surface area (Å²) in [6, 6.07) is 20.0. The van der Waals surface area contributed by atoms with Crippen molar-refractivity contribution in [3.05, 3.63) is 71.8 Å². The first-order valence-corrected chi connectivity index (χ1v) is 10.7. The summed E-state index contributed by atoms with van der Waals surface area (Å²) in [5.74, 6) is 0.889. The SMILES string of the molecule is CN=C(NCC(=O)NCc1ccccc1)NCC1CC(=O)N(CCc2ccccc2)C1.I. The molecular formula is C24H32IN5O2. The molecule has 0 bridgehead atoms. The van der Waals surface area contributed by atoms with Crippen molar-refractivity contribution in [2.75, 3.05) is 33.2 Å². The molecule has 1 heterocycles. The molecule has 1 aliphatic rings. The average molecular weight is 549 g/mol. The zero-order valence-corrected chi connectivity index (χ0v) is 20.8. The molecular weight excluding hydrogens is 517 g/mol. The van der Waals surface area contributed by atoms with Crippen molar-refractivity contribution in [3.8, 4) is 0 Å². The van der Waals surface area contributed by atoms with Crippen LogP contribution in [0.25, 0.3) is 0 Å². The maximum atomic E-state index is 12.3. The van der Waals surface area contributed by atoms with Gasteiger partial charge >= 0.3 is 0 Å². The van der Waals surface area contributed by atoms with Gasteiger partial charge in [-0.2, -0.15) is 0 Å². The van der Waals surface area contributed by atoms with Gasteiger partial charge < -0.3 is 20.9 Å². The molecule has 1 aliphatic heterocycles. The molecule has 0 aromatic heterocycles. The topological polar surface area (TPSA) is 85.8 Å². The van der Waals surface area contributed by atoms with Gasteiger partial charge in [-0.3, -0.25) is 14.6 Å². The monoisotopic (exact) mass is 549 g/mol. The van der Waals surface area contributed by atoms with Gasteiger partial charge in [0.25, 0.3) is 0 Å². The average Bonchev–Trinajstić information content (AvgIpc) is 3.17. The smallest absolute Gasteiger partial charge is 0.239 e. The molecule has 0 aliphatic carbocycles. The number of nitrogens with zero attached hydrogens (tertiary/aromatic N) is 2. The number of carbonyl (C=O) groups is 2. The van der Waals surface area contributed by atoms with E-state index in [4.69, 9.17) is 0 Å². The number of nitrogens with one attached hydrogen (secondary N) is 3. The molecule has 3 rings (SSSR count). The van der Waals surface area contributed by atoms with Crippen LogP contribution >= 0.6 is 24.0 Å². The van der Waals surface area contributed by atoms with Crippen LogP contribution in [0, 0.1) is 5.92 Å². The molecule has 2 aromatic carbocycles. The number of aliphatic imine (C=N–C) groups is 1. The Hall–Kier alpha value is -2.62. The van der Waals surface area contributed by atoms with E-state index in [0.717, 1.165) is 25.1 Å². The van der Waals surface area contributed by atoms with E-state index in [1.165, 1.54) is 5.56 Å². The highest BCUT2D eigenvalue weighted by atomic mass is 127. The molecule has 1 saturated heterocycles. The lowest BCUT2D eigenvalue weighted by Crippen LogP contribution is -2.44. The van der Waals surface area contributed by atoms with Crippen LogP contribution in [-0.2, 0) is 22.6 Å². The van der Waals surface area contributed by atoms with Gasteiger partial charge in [0, 0.05) is 45.6 Å². The van der Waals surface area contributed by atoms with E-state index in [1.54, 1.807) is 7.05 Å². The van der Waals surface area contributed by atoms with Crippen molar-refractivity contribution in [1.82, 2.24) is 20.9 Å². The minimum atomic E-state index is -0.102. The Morgan fingerprint density at radius 1 is 1.00 bits per heavy atom. The van der Waals surface area contributed by atoms with Crippen molar-refractivity contribution in [2.45, 2.75) is 19.4 Å². The number of hydrogen-bond acceptors (Lipinski definition) is 3. The lowest BCUT2D eigenvalue weighted by Gasteiger charge is -2.18. The Bertz CT molecular complexity index is 876. The second kappa shape index (κ2) is 13.7. The number of amides is 2. The molecule has 32 heavy (non-hydrogen) atoms. The predicted molar refractivity (Wildman–Crippen MR) is 138 cm³/mol. The Kier molecular flexibility index (Phi) is 11.0. The van der Waals surface area contributed by atoms with Gasteiger partial charge in [0.15, 0.2) is 5.96 Å². The van der Waals surface area contributed by atoms with Crippen LogP contribution in [-0.4, -0.2) is 55.9 Å². The Labute approximate surface area is 207 Å². The zero-order chi connectivity index (χ0) is 21.9.